The molecule has 100 valence electrons. The Kier molecular flexibility index (Phi) is 4.69. The summed E-state index contributed by atoms with van der Waals surface area (Å²) in [4.78, 5) is 10.4. The van der Waals surface area contributed by atoms with Crippen LogP contribution in [0.25, 0.3) is 0 Å². The number of benzene rings is 1. The summed E-state index contributed by atoms with van der Waals surface area (Å²) < 4.78 is 24.2. The lowest BCUT2D eigenvalue weighted by Crippen LogP contribution is -2.09. The maximum atomic E-state index is 11.0. The number of aliphatic carboxylic acids is 1. The molecule has 0 aliphatic rings. The first-order valence-electron chi connectivity index (χ1n) is 5.25. The molecule has 3 N–H and O–H groups in total. The highest BCUT2D eigenvalue weighted by molar-refractivity contribution is 7.92. The van der Waals surface area contributed by atoms with Gasteiger partial charge in [0.2, 0.25) is 10.0 Å². The van der Waals surface area contributed by atoms with E-state index in [9.17, 15) is 18.3 Å². The lowest BCUT2D eigenvalue weighted by Gasteiger charge is -2.10. The minimum absolute atomic E-state index is 0.119. The Bertz CT molecular complexity index is 509. The Labute approximate surface area is 105 Å². The second-order valence-electron chi connectivity index (χ2n) is 3.94. The van der Waals surface area contributed by atoms with Crippen LogP contribution in [0.5, 0.6) is 0 Å². The first-order chi connectivity index (χ1) is 8.28. The summed E-state index contributed by atoms with van der Waals surface area (Å²) in [6.07, 6.45) is 0.176. The molecule has 6 nitrogen and oxygen atoms in total. The van der Waals surface area contributed by atoms with Crippen molar-refractivity contribution in [3.8, 4) is 0 Å². The molecule has 7 heteroatoms. The van der Waals surface area contributed by atoms with Crippen molar-refractivity contribution < 1.29 is 23.4 Å². The normalized spacial score (nSPS) is 13.0. The van der Waals surface area contributed by atoms with Gasteiger partial charge < -0.3 is 10.2 Å². The smallest absolute Gasteiger partial charge is 0.303 e. The number of aliphatic hydroxyl groups is 1. The topological polar surface area (TPSA) is 104 Å². The molecule has 0 radical (unpaired) electrons. The number of carboxylic acid groups (broad SMARTS) is 1. The molecule has 1 aromatic carbocycles. The van der Waals surface area contributed by atoms with Gasteiger partial charge in [-0.25, -0.2) is 8.42 Å². The van der Waals surface area contributed by atoms with E-state index >= 15 is 0 Å². The predicted octanol–water partition coefficient (Wildman–Crippen LogP) is 0.956. The first kappa shape index (κ1) is 14.5. The van der Waals surface area contributed by atoms with E-state index in [0.717, 1.165) is 6.26 Å². The van der Waals surface area contributed by atoms with Crippen LogP contribution in [0.3, 0.4) is 0 Å². The summed E-state index contributed by atoms with van der Waals surface area (Å²) in [6.45, 7) is 0. The number of hydrogen-bond donors (Lipinski definition) is 3. The van der Waals surface area contributed by atoms with Crippen molar-refractivity contribution in [2.24, 2.45) is 0 Å². The average molecular weight is 273 g/mol. The van der Waals surface area contributed by atoms with Crippen LogP contribution in [0, 0.1) is 0 Å². The monoisotopic (exact) mass is 273 g/mol. The number of anilines is 1. The molecule has 0 fully saturated rings. The summed E-state index contributed by atoms with van der Waals surface area (Å²) in [5.41, 5.74) is 0.946. The molecule has 1 aromatic rings. The fourth-order valence-electron chi connectivity index (χ4n) is 1.41. The molecular weight excluding hydrogens is 258 g/mol. The van der Waals surface area contributed by atoms with Crippen molar-refractivity contribution in [3.05, 3.63) is 29.8 Å². The van der Waals surface area contributed by atoms with Gasteiger partial charge in [-0.1, -0.05) is 12.1 Å². The number of rotatable bonds is 6. The lowest BCUT2D eigenvalue weighted by molar-refractivity contribution is -0.137. The second kappa shape index (κ2) is 5.83. The van der Waals surface area contributed by atoms with Crippen molar-refractivity contribution in [2.75, 3.05) is 11.0 Å². The third-order valence-electron chi connectivity index (χ3n) is 2.23. The predicted molar refractivity (Wildman–Crippen MR) is 66.7 cm³/mol. The maximum absolute atomic E-state index is 11.0. The molecule has 0 saturated heterocycles. The van der Waals surface area contributed by atoms with Gasteiger partial charge in [0.1, 0.15) is 0 Å². The number of aliphatic hydroxyl groups excluding tert-OH is 1. The molecule has 0 aromatic heterocycles. The Balaban J connectivity index is 2.67. The van der Waals surface area contributed by atoms with Gasteiger partial charge in [-0.05, 0) is 24.1 Å². The molecule has 0 aliphatic heterocycles. The molecule has 1 rings (SSSR count). The van der Waals surface area contributed by atoms with Gasteiger partial charge in [-0.2, -0.15) is 0 Å². The van der Waals surface area contributed by atoms with Gasteiger partial charge in [0, 0.05) is 12.1 Å². The van der Waals surface area contributed by atoms with Crippen LogP contribution in [0.2, 0.25) is 0 Å². The Hall–Kier alpha value is -1.60. The standard InChI is InChI=1S/C11H15NO5S/c1-18(16,17)12-9-4-2-8(3-5-9)10(13)6-7-11(14)15/h2-5,10,12-13H,6-7H2,1H3,(H,14,15)/t10-/m0/s1. The molecule has 0 bridgehead atoms. The molecular formula is C11H15NO5S. The van der Waals surface area contributed by atoms with E-state index in [1.807, 2.05) is 0 Å². The van der Waals surface area contributed by atoms with E-state index < -0.39 is 22.1 Å². The summed E-state index contributed by atoms with van der Waals surface area (Å²) in [5, 5.41) is 18.2. The van der Waals surface area contributed by atoms with Gasteiger partial charge in [-0.15, -0.1) is 0 Å². The van der Waals surface area contributed by atoms with Gasteiger partial charge in [0.05, 0.1) is 12.4 Å². The van der Waals surface area contributed by atoms with Crippen molar-refractivity contribution in [1.82, 2.24) is 0 Å². The largest absolute Gasteiger partial charge is 0.481 e. The summed E-state index contributed by atoms with van der Waals surface area (Å²) in [6, 6.07) is 6.14. The Morgan fingerprint density at radius 1 is 1.33 bits per heavy atom. The fraction of sp³-hybridized carbons (Fsp3) is 0.364. The van der Waals surface area contributed by atoms with E-state index in [4.69, 9.17) is 5.11 Å². The molecule has 0 amide bonds. The fourth-order valence-corrected chi connectivity index (χ4v) is 1.98. The zero-order valence-corrected chi connectivity index (χ0v) is 10.6. The summed E-state index contributed by atoms with van der Waals surface area (Å²) in [5.74, 6) is -0.968. The van der Waals surface area contributed by atoms with Crippen LogP contribution >= 0.6 is 0 Å². The number of hydrogen-bond acceptors (Lipinski definition) is 4. The minimum Gasteiger partial charge on any atom is -0.481 e. The molecule has 0 aliphatic carbocycles. The second-order valence-corrected chi connectivity index (χ2v) is 5.69. The quantitative estimate of drug-likeness (QED) is 0.716. The van der Waals surface area contributed by atoms with Crippen LogP contribution in [0.15, 0.2) is 24.3 Å². The Morgan fingerprint density at radius 2 is 1.89 bits per heavy atom. The van der Waals surface area contributed by atoms with Crippen molar-refractivity contribution >= 4 is 21.7 Å². The highest BCUT2D eigenvalue weighted by Crippen LogP contribution is 2.20. The SMILES string of the molecule is CS(=O)(=O)Nc1ccc([C@@H](O)CCC(=O)O)cc1. The van der Waals surface area contributed by atoms with Crippen LogP contribution < -0.4 is 4.72 Å². The third kappa shape index (κ3) is 5.15. The number of sulfonamides is 1. The van der Waals surface area contributed by atoms with E-state index in [1.54, 1.807) is 12.1 Å². The molecule has 18 heavy (non-hydrogen) atoms. The highest BCUT2D eigenvalue weighted by Gasteiger charge is 2.10. The van der Waals surface area contributed by atoms with Crippen LogP contribution in [-0.4, -0.2) is 30.9 Å². The van der Waals surface area contributed by atoms with Crippen LogP contribution in [0.4, 0.5) is 5.69 Å². The number of carboxylic acids is 1. The molecule has 1 atom stereocenters. The Morgan fingerprint density at radius 3 is 2.33 bits per heavy atom. The molecule has 0 saturated carbocycles. The molecule has 0 heterocycles. The summed E-state index contributed by atoms with van der Waals surface area (Å²) >= 11 is 0. The maximum Gasteiger partial charge on any atom is 0.303 e. The van der Waals surface area contributed by atoms with E-state index in [0.29, 0.717) is 11.3 Å². The summed E-state index contributed by atoms with van der Waals surface area (Å²) in [7, 11) is -3.32. The van der Waals surface area contributed by atoms with Crippen molar-refractivity contribution in [2.45, 2.75) is 18.9 Å². The van der Waals surface area contributed by atoms with Gasteiger partial charge in [0.15, 0.2) is 0 Å². The zero-order chi connectivity index (χ0) is 13.8. The van der Waals surface area contributed by atoms with E-state index in [-0.39, 0.29) is 12.8 Å². The van der Waals surface area contributed by atoms with E-state index in [1.165, 1.54) is 12.1 Å². The lowest BCUT2D eigenvalue weighted by atomic mass is 10.0. The van der Waals surface area contributed by atoms with Crippen molar-refractivity contribution in [1.29, 1.82) is 0 Å². The van der Waals surface area contributed by atoms with Gasteiger partial charge in [-0.3, -0.25) is 9.52 Å². The van der Waals surface area contributed by atoms with Crippen LogP contribution in [0.1, 0.15) is 24.5 Å². The number of nitrogens with one attached hydrogen (secondary N) is 1. The number of carbonyl (C=O) groups is 1. The zero-order valence-electron chi connectivity index (χ0n) is 9.83. The average Bonchev–Trinajstić information content (AvgIpc) is 2.24. The molecule has 0 unspecified atom stereocenters. The first-order valence-corrected chi connectivity index (χ1v) is 7.14. The minimum atomic E-state index is -3.32. The van der Waals surface area contributed by atoms with Crippen molar-refractivity contribution in [3.63, 3.8) is 0 Å². The third-order valence-corrected chi connectivity index (χ3v) is 2.84. The van der Waals surface area contributed by atoms with E-state index in [2.05, 4.69) is 4.72 Å². The van der Waals surface area contributed by atoms with Gasteiger partial charge >= 0.3 is 5.97 Å². The highest BCUT2D eigenvalue weighted by atomic mass is 32.2. The molecule has 0 spiro atoms. The van der Waals surface area contributed by atoms with Crippen LogP contribution in [-0.2, 0) is 14.8 Å². The van der Waals surface area contributed by atoms with Gasteiger partial charge in [0.25, 0.3) is 0 Å².